The maximum absolute atomic E-state index is 12.6. The van der Waals surface area contributed by atoms with Crippen molar-refractivity contribution in [3.63, 3.8) is 0 Å². The van der Waals surface area contributed by atoms with E-state index in [-0.39, 0.29) is 36.1 Å². The summed E-state index contributed by atoms with van der Waals surface area (Å²) in [6.45, 7) is 9.25. The van der Waals surface area contributed by atoms with E-state index in [0.29, 0.717) is 23.9 Å². The molecule has 0 unspecified atom stereocenters. The maximum Gasteiger partial charge on any atom is 0.273 e. The highest BCUT2D eigenvalue weighted by molar-refractivity contribution is 5.98. The molecule has 29 heavy (non-hydrogen) atoms. The molecule has 0 radical (unpaired) electrons. The summed E-state index contributed by atoms with van der Waals surface area (Å²) in [4.78, 5) is 30.6. The summed E-state index contributed by atoms with van der Waals surface area (Å²) in [6.07, 6.45) is 4.21. The SMILES string of the molecule is CCCCNC(=O)c1coc(CN2C(=O)COc3ccc(C(C)(C)CC)cc32)n1. The number of amides is 2. The molecule has 1 aliphatic heterocycles. The van der Waals surface area contributed by atoms with Crippen molar-refractivity contribution in [2.45, 2.75) is 58.9 Å². The minimum atomic E-state index is -0.269. The Labute approximate surface area is 171 Å². The fourth-order valence-corrected chi connectivity index (χ4v) is 3.09. The molecule has 1 aromatic carbocycles. The summed E-state index contributed by atoms with van der Waals surface area (Å²) in [6, 6.07) is 5.95. The van der Waals surface area contributed by atoms with Crippen LogP contribution >= 0.6 is 0 Å². The van der Waals surface area contributed by atoms with E-state index in [1.807, 2.05) is 18.2 Å². The van der Waals surface area contributed by atoms with E-state index in [1.54, 1.807) is 4.90 Å². The van der Waals surface area contributed by atoms with Crippen molar-refractivity contribution >= 4 is 17.5 Å². The highest BCUT2D eigenvalue weighted by atomic mass is 16.5. The molecule has 7 heteroatoms. The average Bonchev–Trinajstić information content (AvgIpc) is 3.18. The minimum Gasteiger partial charge on any atom is -0.482 e. The standard InChI is InChI=1S/C22H29N3O4/c1-5-7-10-23-21(27)16-13-29-19(24-16)12-25-17-11-15(22(3,4)6-2)8-9-18(17)28-14-20(25)26/h8-9,11,13H,5-7,10,12,14H2,1-4H3,(H,23,27). The van der Waals surface area contributed by atoms with E-state index in [0.717, 1.165) is 24.8 Å². The summed E-state index contributed by atoms with van der Waals surface area (Å²) >= 11 is 0. The molecule has 0 spiro atoms. The molecule has 0 aliphatic carbocycles. The number of nitrogens with zero attached hydrogens (tertiary/aromatic N) is 2. The number of nitrogens with one attached hydrogen (secondary N) is 1. The van der Waals surface area contributed by atoms with Gasteiger partial charge in [0.15, 0.2) is 12.3 Å². The van der Waals surface area contributed by atoms with Crippen LogP contribution in [0.4, 0.5) is 5.69 Å². The quantitative estimate of drug-likeness (QED) is 0.682. The second kappa shape index (κ2) is 8.68. The largest absolute Gasteiger partial charge is 0.482 e. The van der Waals surface area contributed by atoms with Gasteiger partial charge in [0.2, 0.25) is 5.89 Å². The third-order valence-corrected chi connectivity index (χ3v) is 5.46. The van der Waals surface area contributed by atoms with Crippen LogP contribution in [0.2, 0.25) is 0 Å². The topological polar surface area (TPSA) is 84.7 Å². The number of carbonyl (C=O) groups is 2. The molecule has 0 saturated heterocycles. The van der Waals surface area contributed by atoms with Crippen molar-refractivity contribution in [1.29, 1.82) is 0 Å². The zero-order chi connectivity index (χ0) is 21.0. The van der Waals surface area contributed by atoms with Crippen LogP contribution in [0.15, 0.2) is 28.9 Å². The number of oxazole rings is 1. The van der Waals surface area contributed by atoms with Crippen molar-refractivity contribution < 1.29 is 18.7 Å². The summed E-state index contributed by atoms with van der Waals surface area (Å²) in [5.74, 6) is 0.529. The first kappa shape index (κ1) is 20.9. The van der Waals surface area contributed by atoms with Gasteiger partial charge in [0.05, 0.1) is 5.69 Å². The molecule has 2 aromatic rings. The van der Waals surface area contributed by atoms with Crippen LogP contribution in [0.25, 0.3) is 0 Å². The van der Waals surface area contributed by atoms with Gasteiger partial charge < -0.3 is 14.5 Å². The van der Waals surface area contributed by atoms with Crippen LogP contribution in [-0.2, 0) is 16.8 Å². The molecule has 0 saturated carbocycles. The normalized spacial score (nSPS) is 13.8. The molecular formula is C22H29N3O4. The number of hydrogen-bond donors (Lipinski definition) is 1. The van der Waals surface area contributed by atoms with Gasteiger partial charge in [0, 0.05) is 6.54 Å². The molecule has 2 amide bonds. The van der Waals surface area contributed by atoms with E-state index in [1.165, 1.54) is 6.26 Å². The molecule has 1 aromatic heterocycles. The number of aromatic nitrogens is 1. The second-order valence-electron chi connectivity index (χ2n) is 7.92. The molecule has 1 N–H and O–H groups in total. The Bertz CT molecular complexity index is 888. The van der Waals surface area contributed by atoms with E-state index in [9.17, 15) is 9.59 Å². The van der Waals surface area contributed by atoms with Crippen LogP contribution < -0.4 is 15.0 Å². The van der Waals surface area contributed by atoms with E-state index >= 15 is 0 Å². The number of anilines is 1. The molecule has 3 rings (SSSR count). The van der Waals surface area contributed by atoms with E-state index in [4.69, 9.17) is 9.15 Å². The summed E-state index contributed by atoms with van der Waals surface area (Å²) < 4.78 is 11.1. The van der Waals surface area contributed by atoms with Gasteiger partial charge in [-0.1, -0.05) is 40.2 Å². The van der Waals surface area contributed by atoms with Crippen molar-refractivity contribution in [2.75, 3.05) is 18.1 Å². The van der Waals surface area contributed by atoms with Crippen LogP contribution in [0.1, 0.15) is 68.9 Å². The first-order valence-corrected chi connectivity index (χ1v) is 10.2. The summed E-state index contributed by atoms with van der Waals surface area (Å²) in [5.41, 5.74) is 2.03. The number of benzene rings is 1. The molecule has 156 valence electrons. The number of hydrogen-bond acceptors (Lipinski definition) is 5. The van der Waals surface area contributed by atoms with Gasteiger partial charge in [-0.25, -0.2) is 4.98 Å². The molecule has 0 atom stereocenters. The third-order valence-electron chi connectivity index (χ3n) is 5.46. The van der Waals surface area contributed by atoms with E-state index < -0.39 is 0 Å². The third kappa shape index (κ3) is 4.60. The van der Waals surface area contributed by atoms with Gasteiger partial charge in [-0.05, 0) is 36.0 Å². The van der Waals surface area contributed by atoms with Gasteiger partial charge in [-0.2, -0.15) is 0 Å². The lowest BCUT2D eigenvalue weighted by atomic mass is 9.82. The summed E-state index contributed by atoms with van der Waals surface area (Å²) in [5, 5.41) is 2.81. The van der Waals surface area contributed by atoms with Gasteiger partial charge >= 0.3 is 0 Å². The lowest BCUT2D eigenvalue weighted by Gasteiger charge is -2.31. The van der Waals surface area contributed by atoms with Gasteiger partial charge in [-0.15, -0.1) is 0 Å². The zero-order valence-corrected chi connectivity index (χ0v) is 17.6. The Morgan fingerprint density at radius 3 is 2.83 bits per heavy atom. The van der Waals surface area contributed by atoms with Crippen molar-refractivity contribution in [3.05, 3.63) is 41.6 Å². The first-order valence-electron chi connectivity index (χ1n) is 10.2. The van der Waals surface area contributed by atoms with Crippen LogP contribution in [0.5, 0.6) is 5.75 Å². The smallest absolute Gasteiger partial charge is 0.273 e. The molecule has 0 bridgehead atoms. The molecule has 7 nitrogen and oxygen atoms in total. The Kier molecular flexibility index (Phi) is 6.25. The monoisotopic (exact) mass is 399 g/mol. The Balaban J connectivity index is 1.81. The van der Waals surface area contributed by atoms with E-state index in [2.05, 4.69) is 38.0 Å². The molecular weight excluding hydrogens is 370 g/mol. The Morgan fingerprint density at radius 2 is 2.10 bits per heavy atom. The van der Waals surface area contributed by atoms with Gasteiger partial charge in [0.1, 0.15) is 18.6 Å². The highest BCUT2D eigenvalue weighted by Crippen LogP contribution is 2.38. The van der Waals surface area contributed by atoms with Crippen molar-refractivity contribution in [3.8, 4) is 5.75 Å². The number of carbonyl (C=O) groups excluding carboxylic acids is 2. The highest BCUT2D eigenvalue weighted by Gasteiger charge is 2.29. The van der Waals surface area contributed by atoms with Crippen molar-refractivity contribution in [2.24, 2.45) is 0 Å². The Hall–Kier alpha value is -2.83. The zero-order valence-electron chi connectivity index (χ0n) is 17.6. The fraction of sp³-hybridized carbons (Fsp3) is 0.500. The molecule has 2 heterocycles. The van der Waals surface area contributed by atoms with Crippen LogP contribution in [0.3, 0.4) is 0 Å². The number of ether oxygens (including phenoxy) is 1. The number of unbranched alkanes of at least 4 members (excludes halogenated alkanes) is 1. The first-order chi connectivity index (χ1) is 13.9. The Morgan fingerprint density at radius 1 is 1.31 bits per heavy atom. The van der Waals surface area contributed by atoms with Gasteiger partial charge in [0.25, 0.3) is 11.8 Å². The number of fused-ring (bicyclic) bond motifs is 1. The van der Waals surface area contributed by atoms with Crippen LogP contribution in [0, 0.1) is 0 Å². The lowest BCUT2D eigenvalue weighted by Crippen LogP contribution is -2.38. The molecule has 1 aliphatic rings. The maximum atomic E-state index is 12.6. The fourth-order valence-electron chi connectivity index (χ4n) is 3.09. The minimum absolute atomic E-state index is 0.0200. The average molecular weight is 399 g/mol. The van der Waals surface area contributed by atoms with Crippen molar-refractivity contribution in [1.82, 2.24) is 10.3 Å². The van der Waals surface area contributed by atoms with Gasteiger partial charge in [-0.3, -0.25) is 14.5 Å². The lowest BCUT2D eigenvalue weighted by molar-refractivity contribution is -0.121. The van der Waals surface area contributed by atoms with Crippen LogP contribution in [-0.4, -0.2) is 29.9 Å². The predicted molar refractivity (Wildman–Crippen MR) is 110 cm³/mol. The predicted octanol–water partition coefficient (Wildman–Crippen LogP) is 3.82. The number of rotatable bonds is 8. The summed E-state index contributed by atoms with van der Waals surface area (Å²) in [7, 11) is 0. The second-order valence-corrected chi connectivity index (χ2v) is 7.92. The molecule has 0 fully saturated rings.